The molecule has 104 valence electrons. The summed E-state index contributed by atoms with van der Waals surface area (Å²) in [5, 5.41) is 16.8. The van der Waals surface area contributed by atoms with Crippen molar-refractivity contribution in [3.05, 3.63) is 45.8 Å². The lowest BCUT2D eigenvalue weighted by Gasteiger charge is -2.08. The van der Waals surface area contributed by atoms with Crippen molar-refractivity contribution >= 4 is 17.3 Å². The normalized spacial score (nSPS) is 10.1. The van der Waals surface area contributed by atoms with Gasteiger partial charge in [0.1, 0.15) is 11.5 Å². The van der Waals surface area contributed by atoms with Crippen molar-refractivity contribution in [3.8, 4) is 5.75 Å². The second-order valence-corrected chi connectivity index (χ2v) is 3.92. The molecule has 0 saturated carbocycles. The van der Waals surface area contributed by atoms with E-state index in [1.54, 1.807) is 6.92 Å². The highest BCUT2D eigenvalue weighted by Crippen LogP contribution is 2.29. The summed E-state index contributed by atoms with van der Waals surface area (Å²) in [5.41, 5.74) is 0.112. The second kappa shape index (κ2) is 5.39. The van der Waals surface area contributed by atoms with Gasteiger partial charge in [-0.3, -0.25) is 14.9 Å². The molecule has 1 aromatic carbocycles. The number of nitro groups is 1. The van der Waals surface area contributed by atoms with Gasteiger partial charge >= 0.3 is 0 Å². The number of amides is 1. The van der Waals surface area contributed by atoms with Crippen molar-refractivity contribution in [2.45, 2.75) is 6.92 Å². The Kier molecular flexibility index (Phi) is 3.65. The highest BCUT2D eigenvalue weighted by atomic mass is 16.6. The fourth-order valence-electron chi connectivity index (χ4n) is 1.57. The molecule has 0 aliphatic heterocycles. The molecule has 2 aromatic rings. The Morgan fingerprint density at radius 3 is 2.75 bits per heavy atom. The number of nitro benzene ring substituents is 1. The molecular weight excluding hydrogens is 266 g/mol. The Labute approximate surface area is 113 Å². The van der Waals surface area contributed by atoms with Crippen LogP contribution in [0.4, 0.5) is 11.4 Å². The number of anilines is 1. The number of aromatic nitrogens is 1. The number of nitrogens with one attached hydrogen (secondary N) is 1. The molecule has 0 saturated heterocycles. The molecule has 1 heterocycles. The largest absolute Gasteiger partial charge is 0.495 e. The third-order valence-corrected chi connectivity index (χ3v) is 2.50. The average Bonchev–Trinajstić information content (AvgIpc) is 2.85. The zero-order valence-electron chi connectivity index (χ0n) is 10.7. The van der Waals surface area contributed by atoms with Crippen LogP contribution in [0.3, 0.4) is 0 Å². The van der Waals surface area contributed by atoms with Gasteiger partial charge in [0, 0.05) is 18.2 Å². The van der Waals surface area contributed by atoms with Crippen LogP contribution in [-0.4, -0.2) is 23.1 Å². The number of aryl methyl sites for hydroxylation is 1. The monoisotopic (exact) mass is 277 g/mol. The topological polar surface area (TPSA) is 108 Å². The third-order valence-electron chi connectivity index (χ3n) is 2.50. The van der Waals surface area contributed by atoms with Gasteiger partial charge in [-0.1, -0.05) is 5.16 Å². The first-order valence-corrected chi connectivity index (χ1v) is 5.58. The fourth-order valence-corrected chi connectivity index (χ4v) is 1.57. The van der Waals surface area contributed by atoms with E-state index in [1.807, 2.05) is 0 Å². The number of carbonyl (C=O) groups is 1. The molecule has 0 radical (unpaired) electrons. The first-order valence-electron chi connectivity index (χ1n) is 5.58. The Bertz CT molecular complexity index is 665. The highest BCUT2D eigenvalue weighted by molar-refractivity contribution is 6.03. The van der Waals surface area contributed by atoms with E-state index in [0.29, 0.717) is 11.5 Å². The molecule has 1 amide bonds. The average molecular weight is 277 g/mol. The summed E-state index contributed by atoms with van der Waals surface area (Å²) in [7, 11) is 1.40. The van der Waals surface area contributed by atoms with E-state index in [1.165, 1.54) is 31.4 Å². The predicted octanol–water partition coefficient (Wildman–Crippen LogP) is 2.15. The first kappa shape index (κ1) is 13.5. The molecule has 1 N–H and O–H groups in total. The SMILES string of the molecule is COc1ccc([N+](=O)[O-])cc1NC(=O)c1cc(C)on1. The molecule has 0 aliphatic carbocycles. The van der Waals surface area contributed by atoms with Crippen molar-refractivity contribution in [2.75, 3.05) is 12.4 Å². The van der Waals surface area contributed by atoms with Crippen LogP contribution in [0.25, 0.3) is 0 Å². The summed E-state index contributed by atoms with van der Waals surface area (Å²) in [6.45, 7) is 1.65. The summed E-state index contributed by atoms with van der Waals surface area (Å²) in [5.74, 6) is 0.256. The maximum Gasteiger partial charge on any atom is 0.277 e. The molecule has 2 rings (SSSR count). The summed E-state index contributed by atoms with van der Waals surface area (Å²) >= 11 is 0. The molecule has 20 heavy (non-hydrogen) atoms. The van der Waals surface area contributed by atoms with Gasteiger partial charge < -0.3 is 14.6 Å². The number of nitrogens with zero attached hydrogens (tertiary/aromatic N) is 2. The van der Waals surface area contributed by atoms with Crippen molar-refractivity contribution < 1.29 is 19.0 Å². The number of rotatable bonds is 4. The van der Waals surface area contributed by atoms with E-state index in [4.69, 9.17) is 9.26 Å². The van der Waals surface area contributed by atoms with E-state index in [9.17, 15) is 14.9 Å². The third kappa shape index (κ3) is 2.74. The number of ether oxygens (including phenoxy) is 1. The van der Waals surface area contributed by atoms with Gasteiger partial charge in [0.15, 0.2) is 5.69 Å². The van der Waals surface area contributed by atoms with Crippen LogP contribution < -0.4 is 10.1 Å². The number of hydrogen-bond donors (Lipinski definition) is 1. The summed E-state index contributed by atoms with van der Waals surface area (Å²) in [4.78, 5) is 22.1. The van der Waals surface area contributed by atoms with Crippen molar-refractivity contribution in [2.24, 2.45) is 0 Å². The molecule has 0 fully saturated rings. The zero-order chi connectivity index (χ0) is 14.7. The number of non-ortho nitro benzene ring substituents is 1. The lowest BCUT2D eigenvalue weighted by Crippen LogP contribution is -2.13. The lowest BCUT2D eigenvalue weighted by atomic mass is 10.2. The van der Waals surface area contributed by atoms with Gasteiger partial charge in [-0.2, -0.15) is 0 Å². The van der Waals surface area contributed by atoms with E-state index in [-0.39, 0.29) is 17.1 Å². The van der Waals surface area contributed by atoms with Gasteiger partial charge in [-0.05, 0) is 13.0 Å². The van der Waals surface area contributed by atoms with Crippen LogP contribution in [-0.2, 0) is 0 Å². The Morgan fingerprint density at radius 2 is 2.20 bits per heavy atom. The van der Waals surface area contributed by atoms with Gasteiger partial charge in [-0.15, -0.1) is 0 Å². The molecular formula is C12H11N3O5. The molecule has 8 heteroatoms. The number of hydrogen-bond acceptors (Lipinski definition) is 6. The van der Waals surface area contributed by atoms with Crippen LogP contribution in [0.5, 0.6) is 5.75 Å². The van der Waals surface area contributed by atoms with Crippen molar-refractivity contribution in [3.63, 3.8) is 0 Å². The van der Waals surface area contributed by atoms with Gasteiger partial charge in [0.05, 0.1) is 17.7 Å². The number of methoxy groups -OCH3 is 1. The highest BCUT2D eigenvalue weighted by Gasteiger charge is 2.16. The summed E-state index contributed by atoms with van der Waals surface area (Å²) < 4.78 is 9.83. The fraction of sp³-hybridized carbons (Fsp3) is 0.167. The van der Waals surface area contributed by atoms with E-state index < -0.39 is 10.8 Å². The van der Waals surface area contributed by atoms with E-state index >= 15 is 0 Å². The number of benzene rings is 1. The van der Waals surface area contributed by atoms with Crippen molar-refractivity contribution in [1.82, 2.24) is 5.16 Å². The quantitative estimate of drug-likeness (QED) is 0.677. The molecule has 0 aliphatic rings. The second-order valence-electron chi connectivity index (χ2n) is 3.92. The maximum atomic E-state index is 11.9. The molecule has 0 spiro atoms. The minimum Gasteiger partial charge on any atom is -0.495 e. The first-order chi connectivity index (χ1) is 9.51. The molecule has 0 bridgehead atoms. The Balaban J connectivity index is 2.29. The Hall–Kier alpha value is -2.90. The van der Waals surface area contributed by atoms with Gasteiger partial charge in [0.2, 0.25) is 0 Å². The standard InChI is InChI=1S/C12H11N3O5/c1-7-5-10(14-20-7)12(16)13-9-6-8(15(17)18)3-4-11(9)19-2/h3-6H,1-2H3,(H,13,16). The van der Waals surface area contributed by atoms with Crippen LogP contribution >= 0.6 is 0 Å². The van der Waals surface area contributed by atoms with Crippen LogP contribution in [0.15, 0.2) is 28.8 Å². The molecule has 0 unspecified atom stereocenters. The predicted molar refractivity (Wildman–Crippen MR) is 68.8 cm³/mol. The van der Waals surface area contributed by atoms with Gasteiger partial charge in [-0.25, -0.2) is 0 Å². The van der Waals surface area contributed by atoms with Crippen LogP contribution in [0, 0.1) is 17.0 Å². The van der Waals surface area contributed by atoms with Crippen molar-refractivity contribution in [1.29, 1.82) is 0 Å². The van der Waals surface area contributed by atoms with Gasteiger partial charge in [0.25, 0.3) is 11.6 Å². The Morgan fingerprint density at radius 1 is 1.45 bits per heavy atom. The smallest absolute Gasteiger partial charge is 0.277 e. The summed E-state index contributed by atoms with van der Waals surface area (Å²) in [6, 6.07) is 5.36. The van der Waals surface area contributed by atoms with E-state index in [0.717, 1.165) is 0 Å². The summed E-state index contributed by atoms with van der Waals surface area (Å²) in [6.07, 6.45) is 0. The minimum atomic E-state index is -0.560. The minimum absolute atomic E-state index is 0.0797. The number of carbonyl (C=O) groups excluding carboxylic acids is 1. The zero-order valence-corrected chi connectivity index (χ0v) is 10.7. The van der Waals surface area contributed by atoms with Crippen LogP contribution in [0.2, 0.25) is 0 Å². The lowest BCUT2D eigenvalue weighted by molar-refractivity contribution is -0.384. The maximum absolute atomic E-state index is 11.9. The molecule has 8 nitrogen and oxygen atoms in total. The van der Waals surface area contributed by atoms with Crippen LogP contribution in [0.1, 0.15) is 16.2 Å². The molecule has 1 aromatic heterocycles. The molecule has 0 atom stereocenters. The van der Waals surface area contributed by atoms with E-state index in [2.05, 4.69) is 10.5 Å².